The van der Waals surface area contributed by atoms with E-state index in [-0.39, 0.29) is 0 Å². The first kappa shape index (κ1) is 16.6. The number of rotatable bonds is 5. The molecule has 1 aromatic carbocycles. The van der Waals surface area contributed by atoms with Crippen LogP contribution in [-0.4, -0.2) is 35.2 Å². The van der Waals surface area contributed by atoms with Crippen LogP contribution in [0.2, 0.25) is 0 Å². The van der Waals surface area contributed by atoms with E-state index in [4.69, 9.17) is 5.73 Å². The van der Waals surface area contributed by atoms with Crippen LogP contribution < -0.4 is 5.73 Å². The van der Waals surface area contributed by atoms with E-state index in [0.717, 1.165) is 30.9 Å². The lowest BCUT2D eigenvalue weighted by Crippen LogP contribution is -2.62. The first-order chi connectivity index (χ1) is 11.6. The molecule has 3 unspecified atom stereocenters. The lowest BCUT2D eigenvalue weighted by atomic mass is 9.65. The average Bonchev–Trinajstić information content (AvgIpc) is 3.22. The largest absolute Gasteiger partial charge is 0.383 e. The van der Waals surface area contributed by atoms with Crippen LogP contribution in [0.4, 0.5) is 0 Å². The third-order valence-corrected chi connectivity index (χ3v) is 7.16. The van der Waals surface area contributed by atoms with Crippen LogP contribution in [0.3, 0.4) is 0 Å². The molecule has 4 rings (SSSR count). The van der Waals surface area contributed by atoms with Crippen molar-refractivity contribution < 1.29 is 5.11 Å². The summed E-state index contributed by atoms with van der Waals surface area (Å²) in [5.41, 5.74) is 6.68. The van der Waals surface area contributed by atoms with Crippen LogP contribution in [0.1, 0.15) is 56.9 Å². The third-order valence-electron chi connectivity index (χ3n) is 7.16. The molecular weight excluding hydrogens is 296 g/mol. The number of likely N-dealkylation sites (tertiary alicyclic amines) is 1. The van der Waals surface area contributed by atoms with Gasteiger partial charge >= 0.3 is 0 Å². The fourth-order valence-electron chi connectivity index (χ4n) is 5.74. The number of fused-ring (bicyclic) bond motifs is 2. The van der Waals surface area contributed by atoms with Crippen molar-refractivity contribution in [1.29, 1.82) is 0 Å². The van der Waals surface area contributed by atoms with Crippen molar-refractivity contribution in [3.8, 4) is 0 Å². The molecule has 2 saturated carbocycles. The van der Waals surface area contributed by atoms with E-state index in [1.54, 1.807) is 0 Å². The zero-order valence-corrected chi connectivity index (χ0v) is 14.8. The number of nitrogens with zero attached hydrogens (tertiary/aromatic N) is 1. The lowest BCUT2D eigenvalue weighted by Gasteiger charge is -2.49. The summed E-state index contributed by atoms with van der Waals surface area (Å²) in [5.74, 6) is 1.21. The molecule has 3 fully saturated rings. The molecular formula is C21H32N2O. The quantitative estimate of drug-likeness (QED) is 0.872. The van der Waals surface area contributed by atoms with Gasteiger partial charge in [0.25, 0.3) is 0 Å². The molecule has 0 aromatic heterocycles. The molecule has 0 spiro atoms. The molecule has 3 aliphatic rings. The molecule has 3 nitrogen and oxygen atoms in total. The number of aliphatic hydroxyl groups is 1. The highest BCUT2D eigenvalue weighted by atomic mass is 16.3. The summed E-state index contributed by atoms with van der Waals surface area (Å²) in [6.07, 6.45) is 9.41. The zero-order valence-electron chi connectivity index (χ0n) is 14.8. The Balaban J connectivity index is 1.60. The molecule has 0 amide bonds. The van der Waals surface area contributed by atoms with Crippen LogP contribution in [0.25, 0.3) is 0 Å². The van der Waals surface area contributed by atoms with Crippen LogP contribution >= 0.6 is 0 Å². The van der Waals surface area contributed by atoms with Gasteiger partial charge in [-0.3, -0.25) is 0 Å². The van der Waals surface area contributed by atoms with Gasteiger partial charge < -0.3 is 15.7 Å². The summed E-state index contributed by atoms with van der Waals surface area (Å²) >= 11 is 0. The Morgan fingerprint density at radius 2 is 1.88 bits per heavy atom. The Morgan fingerprint density at radius 3 is 2.50 bits per heavy atom. The van der Waals surface area contributed by atoms with Crippen LogP contribution in [0.5, 0.6) is 0 Å². The van der Waals surface area contributed by atoms with E-state index in [2.05, 4.69) is 17.0 Å². The molecule has 2 aliphatic carbocycles. The zero-order chi connectivity index (χ0) is 16.6. The molecule has 1 aliphatic heterocycles. The van der Waals surface area contributed by atoms with Crippen LogP contribution in [-0.2, 0) is 5.60 Å². The SMILES string of the molecule is NC1([C@@](O)(CCN2CCCCC2)c2ccccc2)CC2CCC1C2. The summed E-state index contributed by atoms with van der Waals surface area (Å²) in [4.78, 5) is 2.52. The lowest BCUT2D eigenvalue weighted by molar-refractivity contribution is -0.0781. The minimum Gasteiger partial charge on any atom is -0.383 e. The molecule has 132 valence electrons. The molecule has 2 bridgehead atoms. The van der Waals surface area contributed by atoms with E-state index < -0.39 is 11.1 Å². The second-order valence-corrected chi connectivity index (χ2v) is 8.50. The number of piperidine rings is 1. The van der Waals surface area contributed by atoms with E-state index in [1.165, 1.54) is 51.6 Å². The summed E-state index contributed by atoms with van der Waals surface area (Å²) in [6.45, 7) is 3.31. The number of nitrogens with two attached hydrogens (primary N) is 1. The van der Waals surface area contributed by atoms with Crippen molar-refractivity contribution in [3.63, 3.8) is 0 Å². The van der Waals surface area contributed by atoms with E-state index in [1.807, 2.05) is 18.2 Å². The molecule has 4 atom stereocenters. The average molecular weight is 329 g/mol. The summed E-state index contributed by atoms with van der Waals surface area (Å²) in [6, 6.07) is 10.3. The highest BCUT2D eigenvalue weighted by Crippen LogP contribution is 2.57. The molecule has 0 radical (unpaired) electrons. The van der Waals surface area contributed by atoms with Crippen molar-refractivity contribution in [2.24, 2.45) is 17.6 Å². The summed E-state index contributed by atoms with van der Waals surface area (Å²) < 4.78 is 0. The summed E-state index contributed by atoms with van der Waals surface area (Å²) in [5, 5.41) is 11.9. The first-order valence-corrected chi connectivity index (χ1v) is 9.91. The topological polar surface area (TPSA) is 49.5 Å². The minimum absolute atomic E-state index is 0.451. The third kappa shape index (κ3) is 2.71. The maximum Gasteiger partial charge on any atom is 0.109 e. The molecule has 1 saturated heterocycles. The standard InChI is InChI=1S/C21H32N2O/c22-20(16-17-9-10-19(20)15-17)21(24,18-7-3-1-4-8-18)11-14-23-12-5-2-6-13-23/h1,3-4,7-8,17,19,24H,2,5-6,9-16,22H2/t17?,19?,20?,21-/m1/s1. The second-order valence-electron chi connectivity index (χ2n) is 8.50. The van der Waals surface area contributed by atoms with Crippen molar-refractivity contribution in [3.05, 3.63) is 35.9 Å². The van der Waals surface area contributed by atoms with Gasteiger partial charge in [0.15, 0.2) is 0 Å². The van der Waals surface area contributed by atoms with Gasteiger partial charge in [0.2, 0.25) is 0 Å². The number of hydrogen-bond donors (Lipinski definition) is 2. The monoisotopic (exact) mass is 328 g/mol. The van der Waals surface area contributed by atoms with Crippen molar-refractivity contribution in [1.82, 2.24) is 4.90 Å². The van der Waals surface area contributed by atoms with Gasteiger partial charge in [-0.1, -0.05) is 43.2 Å². The maximum absolute atomic E-state index is 11.9. The number of benzene rings is 1. The fourth-order valence-corrected chi connectivity index (χ4v) is 5.74. The van der Waals surface area contributed by atoms with Gasteiger partial charge in [0.1, 0.15) is 5.60 Å². The van der Waals surface area contributed by atoms with Crippen LogP contribution in [0.15, 0.2) is 30.3 Å². The Labute approximate surface area is 146 Å². The first-order valence-electron chi connectivity index (χ1n) is 9.91. The van der Waals surface area contributed by atoms with E-state index >= 15 is 0 Å². The van der Waals surface area contributed by atoms with E-state index in [0.29, 0.717) is 5.92 Å². The predicted molar refractivity (Wildman–Crippen MR) is 97.6 cm³/mol. The Morgan fingerprint density at radius 1 is 1.12 bits per heavy atom. The highest BCUT2D eigenvalue weighted by molar-refractivity contribution is 5.30. The molecule has 24 heavy (non-hydrogen) atoms. The Bertz CT molecular complexity index is 556. The smallest absolute Gasteiger partial charge is 0.109 e. The predicted octanol–water partition coefficient (Wildman–Crippen LogP) is 3.27. The normalized spacial score (nSPS) is 35.9. The maximum atomic E-state index is 11.9. The van der Waals surface area contributed by atoms with Gasteiger partial charge in [-0.25, -0.2) is 0 Å². The van der Waals surface area contributed by atoms with E-state index in [9.17, 15) is 5.11 Å². The minimum atomic E-state index is -0.897. The molecule has 1 heterocycles. The molecule has 3 N–H and O–H groups in total. The second kappa shape index (κ2) is 6.44. The number of hydrogen-bond acceptors (Lipinski definition) is 3. The Kier molecular flexibility index (Phi) is 4.44. The van der Waals surface area contributed by atoms with Gasteiger partial charge in [0.05, 0.1) is 5.54 Å². The van der Waals surface area contributed by atoms with Gasteiger partial charge in [0, 0.05) is 6.54 Å². The highest BCUT2D eigenvalue weighted by Gasteiger charge is 2.59. The van der Waals surface area contributed by atoms with Crippen molar-refractivity contribution in [2.75, 3.05) is 19.6 Å². The molecule has 3 heteroatoms. The van der Waals surface area contributed by atoms with Crippen molar-refractivity contribution >= 4 is 0 Å². The summed E-state index contributed by atoms with van der Waals surface area (Å²) in [7, 11) is 0. The van der Waals surface area contributed by atoms with Crippen molar-refractivity contribution in [2.45, 2.75) is 62.5 Å². The van der Waals surface area contributed by atoms with Gasteiger partial charge in [-0.15, -0.1) is 0 Å². The fraction of sp³-hybridized carbons (Fsp3) is 0.714. The van der Waals surface area contributed by atoms with Gasteiger partial charge in [-0.2, -0.15) is 0 Å². The van der Waals surface area contributed by atoms with Crippen LogP contribution in [0, 0.1) is 11.8 Å². The molecule has 1 aromatic rings. The Hall–Kier alpha value is -0.900. The van der Waals surface area contributed by atoms with Gasteiger partial charge in [-0.05, 0) is 69.0 Å².